The van der Waals surface area contributed by atoms with Crippen molar-refractivity contribution in [2.24, 2.45) is 4.99 Å². The van der Waals surface area contributed by atoms with Crippen LogP contribution >= 0.6 is 0 Å². The van der Waals surface area contributed by atoms with E-state index in [0.717, 1.165) is 6.42 Å². The minimum Gasteiger partial charge on any atom is -0.477 e. The Bertz CT molecular complexity index is 271. The third kappa shape index (κ3) is 3.90. The molecule has 4 heteroatoms. The fourth-order valence-corrected chi connectivity index (χ4v) is 1.80. The van der Waals surface area contributed by atoms with Crippen molar-refractivity contribution >= 4 is 11.9 Å². The molecule has 0 aliphatic carbocycles. The molecule has 0 N–H and O–H groups in total. The summed E-state index contributed by atoms with van der Waals surface area (Å²) in [5, 5.41) is 0. The minimum atomic E-state index is -0.277. The van der Waals surface area contributed by atoms with Gasteiger partial charge in [-0.1, -0.05) is 0 Å². The van der Waals surface area contributed by atoms with E-state index in [-0.39, 0.29) is 24.0 Å². The summed E-state index contributed by atoms with van der Waals surface area (Å²) in [6, 6.07) is 0. The van der Waals surface area contributed by atoms with Gasteiger partial charge in [-0.25, -0.2) is 4.99 Å². The summed E-state index contributed by atoms with van der Waals surface area (Å²) in [5.74, 6) is 0.221. The van der Waals surface area contributed by atoms with Crippen LogP contribution in [0, 0.1) is 0 Å². The van der Waals surface area contributed by atoms with Gasteiger partial charge in [-0.3, -0.25) is 4.79 Å². The van der Waals surface area contributed by atoms with Gasteiger partial charge in [0.05, 0.1) is 18.2 Å². The summed E-state index contributed by atoms with van der Waals surface area (Å²) in [5.41, 5.74) is -0.139. The van der Waals surface area contributed by atoms with E-state index < -0.39 is 0 Å². The molecule has 0 bridgehead atoms. The van der Waals surface area contributed by atoms with E-state index in [4.69, 9.17) is 9.47 Å². The van der Waals surface area contributed by atoms with Gasteiger partial charge in [-0.05, 0) is 27.7 Å². The van der Waals surface area contributed by atoms with Gasteiger partial charge in [-0.15, -0.1) is 0 Å². The van der Waals surface area contributed by atoms with Crippen LogP contribution in [0.4, 0.5) is 0 Å². The van der Waals surface area contributed by atoms with Crippen molar-refractivity contribution < 1.29 is 14.3 Å². The first-order valence-corrected chi connectivity index (χ1v) is 5.34. The third-order valence-corrected chi connectivity index (χ3v) is 2.15. The number of nitrogens with zero attached hydrogens (tertiary/aromatic N) is 1. The Hall–Kier alpha value is -1.06. The predicted octanol–water partition coefficient (Wildman–Crippen LogP) is 1.93. The van der Waals surface area contributed by atoms with Crippen molar-refractivity contribution in [1.82, 2.24) is 0 Å². The predicted molar refractivity (Wildman–Crippen MR) is 57.9 cm³/mol. The van der Waals surface area contributed by atoms with E-state index in [2.05, 4.69) is 4.99 Å². The Morgan fingerprint density at radius 1 is 1.67 bits per heavy atom. The standard InChI is InChI=1S/C11H19NO3/c1-5-14-10(13)6-9-12-11(3,4)7-8(2)15-9/h8H,5-7H2,1-4H3. The minimum absolute atomic E-state index is 0.113. The van der Waals surface area contributed by atoms with E-state index in [0.29, 0.717) is 12.5 Å². The fraction of sp³-hybridized carbons (Fsp3) is 0.818. The van der Waals surface area contributed by atoms with Crippen molar-refractivity contribution in [2.45, 2.75) is 52.2 Å². The lowest BCUT2D eigenvalue weighted by molar-refractivity contribution is -0.142. The van der Waals surface area contributed by atoms with Gasteiger partial charge in [-0.2, -0.15) is 0 Å². The molecule has 1 aliphatic rings. The molecule has 15 heavy (non-hydrogen) atoms. The molecule has 1 aliphatic heterocycles. The zero-order valence-corrected chi connectivity index (χ0v) is 9.87. The average molecular weight is 213 g/mol. The quantitative estimate of drug-likeness (QED) is 0.673. The Morgan fingerprint density at radius 2 is 2.33 bits per heavy atom. The Balaban J connectivity index is 2.61. The maximum absolute atomic E-state index is 11.2. The molecule has 86 valence electrons. The summed E-state index contributed by atoms with van der Waals surface area (Å²) < 4.78 is 10.3. The largest absolute Gasteiger partial charge is 0.477 e. The normalized spacial score (nSPS) is 24.0. The number of ether oxygens (including phenoxy) is 2. The number of esters is 1. The molecule has 1 unspecified atom stereocenters. The van der Waals surface area contributed by atoms with Crippen LogP contribution < -0.4 is 0 Å². The van der Waals surface area contributed by atoms with Crippen LogP contribution in [0.1, 0.15) is 40.5 Å². The number of rotatable bonds is 3. The molecular weight excluding hydrogens is 194 g/mol. The molecule has 1 heterocycles. The lowest BCUT2D eigenvalue weighted by atomic mass is 9.97. The van der Waals surface area contributed by atoms with E-state index in [9.17, 15) is 4.79 Å². The molecule has 0 saturated carbocycles. The van der Waals surface area contributed by atoms with Crippen molar-refractivity contribution in [3.8, 4) is 0 Å². The second kappa shape index (κ2) is 4.64. The topological polar surface area (TPSA) is 47.9 Å². The zero-order chi connectivity index (χ0) is 11.5. The SMILES string of the molecule is CCOC(=O)CC1=NC(C)(C)CC(C)O1. The van der Waals surface area contributed by atoms with E-state index in [1.807, 2.05) is 20.8 Å². The van der Waals surface area contributed by atoms with Gasteiger partial charge in [0, 0.05) is 6.42 Å². The highest BCUT2D eigenvalue weighted by Gasteiger charge is 2.28. The Morgan fingerprint density at radius 3 is 2.87 bits per heavy atom. The summed E-state index contributed by atoms with van der Waals surface area (Å²) in [6.45, 7) is 8.25. The lowest BCUT2D eigenvalue weighted by Gasteiger charge is -2.31. The molecule has 0 aromatic rings. The van der Waals surface area contributed by atoms with E-state index in [1.54, 1.807) is 6.92 Å². The Kier molecular flexibility index (Phi) is 3.72. The number of hydrogen-bond acceptors (Lipinski definition) is 4. The zero-order valence-electron chi connectivity index (χ0n) is 9.87. The number of carbonyl (C=O) groups excluding carboxylic acids is 1. The molecular formula is C11H19NO3. The van der Waals surface area contributed by atoms with Gasteiger partial charge in [0.1, 0.15) is 6.42 Å². The summed E-state index contributed by atoms with van der Waals surface area (Å²) in [7, 11) is 0. The number of aliphatic imine (C=N–C) groups is 1. The first kappa shape index (κ1) is 12.0. The summed E-state index contributed by atoms with van der Waals surface area (Å²) in [6.07, 6.45) is 1.13. The monoisotopic (exact) mass is 213 g/mol. The third-order valence-electron chi connectivity index (χ3n) is 2.15. The van der Waals surface area contributed by atoms with Gasteiger partial charge in [0.15, 0.2) is 5.90 Å². The highest BCUT2D eigenvalue weighted by atomic mass is 16.5. The Labute approximate surface area is 90.7 Å². The summed E-state index contributed by atoms with van der Waals surface area (Å²) in [4.78, 5) is 15.6. The first-order valence-electron chi connectivity index (χ1n) is 5.34. The van der Waals surface area contributed by atoms with Gasteiger partial charge in [0.25, 0.3) is 0 Å². The highest BCUT2D eigenvalue weighted by Crippen LogP contribution is 2.24. The van der Waals surface area contributed by atoms with E-state index >= 15 is 0 Å². The molecule has 0 aromatic heterocycles. The van der Waals surface area contributed by atoms with Crippen LogP contribution in [-0.2, 0) is 14.3 Å². The van der Waals surface area contributed by atoms with Crippen molar-refractivity contribution in [3.05, 3.63) is 0 Å². The second-order valence-corrected chi connectivity index (χ2v) is 4.43. The van der Waals surface area contributed by atoms with Crippen LogP contribution in [0.25, 0.3) is 0 Å². The van der Waals surface area contributed by atoms with Crippen LogP contribution in [0.2, 0.25) is 0 Å². The van der Waals surface area contributed by atoms with Crippen molar-refractivity contribution in [1.29, 1.82) is 0 Å². The van der Waals surface area contributed by atoms with Crippen LogP contribution in [0.3, 0.4) is 0 Å². The van der Waals surface area contributed by atoms with Gasteiger partial charge < -0.3 is 9.47 Å². The smallest absolute Gasteiger partial charge is 0.315 e. The maximum Gasteiger partial charge on any atom is 0.315 e. The van der Waals surface area contributed by atoms with Gasteiger partial charge >= 0.3 is 5.97 Å². The molecule has 0 spiro atoms. The van der Waals surface area contributed by atoms with Crippen LogP contribution in [0.15, 0.2) is 4.99 Å². The highest BCUT2D eigenvalue weighted by molar-refractivity contribution is 5.94. The van der Waals surface area contributed by atoms with Crippen molar-refractivity contribution in [3.63, 3.8) is 0 Å². The molecule has 0 saturated heterocycles. The molecule has 0 radical (unpaired) electrons. The van der Waals surface area contributed by atoms with E-state index in [1.165, 1.54) is 0 Å². The number of hydrogen-bond donors (Lipinski definition) is 0. The summed E-state index contributed by atoms with van der Waals surface area (Å²) >= 11 is 0. The van der Waals surface area contributed by atoms with Gasteiger partial charge in [0.2, 0.25) is 0 Å². The lowest BCUT2D eigenvalue weighted by Crippen LogP contribution is -2.34. The maximum atomic E-state index is 11.2. The second-order valence-electron chi connectivity index (χ2n) is 4.43. The molecule has 4 nitrogen and oxygen atoms in total. The average Bonchev–Trinajstić information content (AvgIpc) is 1.99. The van der Waals surface area contributed by atoms with Crippen LogP contribution in [0.5, 0.6) is 0 Å². The fourth-order valence-electron chi connectivity index (χ4n) is 1.80. The van der Waals surface area contributed by atoms with Crippen molar-refractivity contribution in [2.75, 3.05) is 6.61 Å². The molecule has 1 rings (SSSR count). The molecule has 0 amide bonds. The van der Waals surface area contributed by atoms with Crippen LogP contribution in [-0.4, -0.2) is 30.1 Å². The molecule has 0 aromatic carbocycles. The number of carbonyl (C=O) groups is 1. The molecule has 0 fully saturated rings. The molecule has 1 atom stereocenters. The first-order chi connectivity index (χ1) is 6.93.